The molecule has 2 saturated heterocycles. The molecule has 2 aliphatic heterocycles. The van der Waals surface area contributed by atoms with Crippen molar-refractivity contribution in [2.45, 2.75) is 12.5 Å². The fourth-order valence-electron chi connectivity index (χ4n) is 4.11. The smallest absolute Gasteiger partial charge is 0.236 e. The monoisotopic (exact) mass is 368 g/mol. The maximum absolute atomic E-state index is 12.6. The third-order valence-electron chi connectivity index (χ3n) is 5.82. The molecule has 0 bridgehead atoms. The van der Waals surface area contributed by atoms with Gasteiger partial charge in [0.25, 0.3) is 0 Å². The number of likely N-dealkylation sites (N-methyl/N-ethyl adjacent to an activating group) is 1. The van der Waals surface area contributed by atoms with Crippen LogP contribution in [0.1, 0.15) is 5.69 Å². The number of β-amino-alcohol motifs (C(OH)–C–C–N with tert-alkyl or cyclic N) is 1. The first-order valence-electron chi connectivity index (χ1n) is 9.80. The molecule has 0 spiro atoms. The van der Waals surface area contributed by atoms with Crippen molar-refractivity contribution in [2.24, 2.45) is 5.92 Å². The lowest BCUT2D eigenvalue weighted by atomic mass is 9.99. The van der Waals surface area contributed by atoms with Crippen molar-refractivity contribution in [3.05, 3.63) is 42.1 Å². The summed E-state index contributed by atoms with van der Waals surface area (Å²) in [7, 11) is 2.09. The molecule has 6 heteroatoms. The Bertz CT molecular complexity index is 804. The highest BCUT2D eigenvalue weighted by atomic mass is 16.3. The zero-order valence-electron chi connectivity index (χ0n) is 15.9. The summed E-state index contributed by atoms with van der Waals surface area (Å²) < 4.78 is 0. The molecule has 0 saturated carbocycles. The van der Waals surface area contributed by atoms with Gasteiger partial charge in [0, 0.05) is 56.3 Å². The zero-order valence-corrected chi connectivity index (χ0v) is 15.9. The van der Waals surface area contributed by atoms with Crippen LogP contribution in [0.15, 0.2) is 36.4 Å². The number of aliphatic hydroxyl groups is 1. The van der Waals surface area contributed by atoms with Gasteiger partial charge in [0.1, 0.15) is 0 Å². The van der Waals surface area contributed by atoms with Crippen LogP contribution in [0.25, 0.3) is 10.9 Å². The molecule has 2 atom stereocenters. The molecule has 0 unspecified atom stereocenters. The number of nitrogens with zero attached hydrogens (tertiary/aromatic N) is 4. The van der Waals surface area contributed by atoms with Crippen LogP contribution >= 0.6 is 0 Å². The van der Waals surface area contributed by atoms with Crippen LogP contribution in [0.2, 0.25) is 0 Å². The fourth-order valence-corrected chi connectivity index (χ4v) is 4.11. The lowest BCUT2D eigenvalue weighted by Crippen LogP contribution is -2.49. The van der Waals surface area contributed by atoms with E-state index in [1.54, 1.807) is 0 Å². The van der Waals surface area contributed by atoms with Crippen LogP contribution < -0.4 is 0 Å². The zero-order chi connectivity index (χ0) is 18.8. The predicted octanol–water partition coefficient (Wildman–Crippen LogP) is 0.844. The molecule has 1 N–H and O–H groups in total. The minimum Gasteiger partial charge on any atom is -0.391 e. The summed E-state index contributed by atoms with van der Waals surface area (Å²) in [6, 6.07) is 12.2. The van der Waals surface area contributed by atoms with Gasteiger partial charge in [-0.3, -0.25) is 14.7 Å². The lowest BCUT2D eigenvalue weighted by Gasteiger charge is -2.33. The first kappa shape index (κ1) is 18.3. The number of benzene rings is 1. The van der Waals surface area contributed by atoms with E-state index in [-0.39, 0.29) is 11.8 Å². The van der Waals surface area contributed by atoms with Gasteiger partial charge in [0.05, 0.1) is 18.2 Å². The Labute approximate surface area is 160 Å². The van der Waals surface area contributed by atoms with Crippen molar-refractivity contribution in [1.29, 1.82) is 0 Å². The second-order valence-corrected chi connectivity index (χ2v) is 7.90. The maximum Gasteiger partial charge on any atom is 0.236 e. The maximum atomic E-state index is 12.6. The number of amides is 1. The van der Waals surface area contributed by atoms with E-state index in [1.165, 1.54) is 0 Å². The first-order valence-corrected chi connectivity index (χ1v) is 9.80. The molecule has 0 radical (unpaired) electrons. The molecular formula is C21H28N4O2. The molecular weight excluding hydrogens is 340 g/mol. The third kappa shape index (κ3) is 4.29. The number of pyridine rings is 1. The highest BCUT2D eigenvalue weighted by Crippen LogP contribution is 2.22. The van der Waals surface area contributed by atoms with Crippen molar-refractivity contribution in [3.8, 4) is 0 Å². The summed E-state index contributed by atoms with van der Waals surface area (Å²) in [6.45, 7) is 5.19. The number of aliphatic hydroxyl groups excluding tert-OH is 1. The molecule has 4 rings (SSSR count). The van der Waals surface area contributed by atoms with E-state index in [0.717, 1.165) is 55.7 Å². The fraction of sp³-hybridized carbons (Fsp3) is 0.524. The van der Waals surface area contributed by atoms with E-state index in [0.29, 0.717) is 13.1 Å². The molecule has 2 aromatic rings. The Hall–Kier alpha value is -2.02. The summed E-state index contributed by atoms with van der Waals surface area (Å²) in [5.74, 6) is 0.304. The van der Waals surface area contributed by atoms with Gasteiger partial charge in [-0.05, 0) is 25.6 Å². The Morgan fingerprint density at radius 1 is 1.11 bits per heavy atom. The molecule has 2 fully saturated rings. The first-order chi connectivity index (χ1) is 13.1. The highest BCUT2D eigenvalue weighted by molar-refractivity contribution is 5.79. The second-order valence-electron chi connectivity index (χ2n) is 7.90. The molecule has 1 aromatic heterocycles. The molecule has 27 heavy (non-hydrogen) atoms. The Kier molecular flexibility index (Phi) is 5.38. The van der Waals surface area contributed by atoms with Crippen LogP contribution in [0.3, 0.4) is 0 Å². The average Bonchev–Trinajstić information content (AvgIpc) is 3.01. The number of hydrogen-bond donors (Lipinski definition) is 1. The number of likely N-dealkylation sites (tertiary alicyclic amines) is 1. The summed E-state index contributed by atoms with van der Waals surface area (Å²) in [5.41, 5.74) is 1.99. The molecule has 2 aliphatic rings. The van der Waals surface area contributed by atoms with Crippen molar-refractivity contribution in [1.82, 2.24) is 19.7 Å². The van der Waals surface area contributed by atoms with E-state index in [9.17, 15) is 9.90 Å². The minimum atomic E-state index is -0.404. The average molecular weight is 368 g/mol. The number of fused-ring (bicyclic) bond motifs is 1. The van der Waals surface area contributed by atoms with Gasteiger partial charge in [-0.2, -0.15) is 0 Å². The number of aromatic nitrogens is 1. The van der Waals surface area contributed by atoms with E-state index >= 15 is 0 Å². The van der Waals surface area contributed by atoms with Crippen molar-refractivity contribution in [3.63, 3.8) is 0 Å². The summed E-state index contributed by atoms with van der Waals surface area (Å²) in [5, 5.41) is 11.6. The molecule has 3 heterocycles. The summed E-state index contributed by atoms with van der Waals surface area (Å²) >= 11 is 0. The molecule has 1 amide bonds. The summed E-state index contributed by atoms with van der Waals surface area (Å²) in [4.78, 5) is 23.6. The van der Waals surface area contributed by atoms with Gasteiger partial charge in [0.2, 0.25) is 5.91 Å². The Balaban J connectivity index is 1.34. The van der Waals surface area contributed by atoms with E-state index in [4.69, 9.17) is 4.98 Å². The number of hydrogen-bond acceptors (Lipinski definition) is 5. The summed E-state index contributed by atoms with van der Waals surface area (Å²) in [6.07, 6.45) is 0.337. The second kappa shape index (κ2) is 7.92. The predicted molar refractivity (Wildman–Crippen MR) is 105 cm³/mol. The number of carbonyl (C=O) groups is 1. The quantitative estimate of drug-likeness (QED) is 0.867. The van der Waals surface area contributed by atoms with E-state index < -0.39 is 6.10 Å². The number of piperazine rings is 1. The SMILES string of the molecule is CN1CCN(C(=O)CN2C[C@@H](Cc3ccc4ccccc4n3)[C@H](O)C2)CC1. The number of carbonyl (C=O) groups excluding carboxylic acids is 1. The van der Waals surface area contributed by atoms with Crippen LogP contribution in [-0.2, 0) is 11.2 Å². The normalized spacial score (nSPS) is 24.6. The van der Waals surface area contributed by atoms with E-state index in [2.05, 4.69) is 29.0 Å². The lowest BCUT2D eigenvalue weighted by molar-refractivity contribution is -0.133. The third-order valence-corrected chi connectivity index (χ3v) is 5.82. The van der Waals surface area contributed by atoms with Crippen molar-refractivity contribution >= 4 is 16.8 Å². The molecule has 1 aromatic carbocycles. The van der Waals surface area contributed by atoms with Gasteiger partial charge in [0.15, 0.2) is 0 Å². The molecule has 6 nitrogen and oxygen atoms in total. The van der Waals surface area contributed by atoms with Crippen LogP contribution in [0.5, 0.6) is 0 Å². The highest BCUT2D eigenvalue weighted by Gasteiger charge is 2.33. The van der Waals surface area contributed by atoms with Gasteiger partial charge in [-0.15, -0.1) is 0 Å². The molecule has 0 aliphatic carbocycles. The van der Waals surface area contributed by atoms with Gasteiger partial charge >= 0.3 is 0 Å². The van der Waals surface area contributed by atoms with Crippen LogP contribution in [-0.4, -0.2) is 89.7 Å². The van der Waals surface area contributed by atoms with Crippen LogP contribution in [0, 0.1) is 5.92 Å². The van der Waals surface area contributed by atoms with Crippen molar-refractivity contribution in [2.75, 3.05) is 52.9 Å². The van der Waals surface area contributed by atoms with Gasteiger partial charge in [-0.25, -0.2) is 0 Å². The van der Waals surface area contributed by atoms with Crippen LogP contribution in [0.4, 0.5) is 0 Å². The topological polar surface area (TPSA) is 59.9 Å². The van der Waals surface area contributed by atoms with Crippen molar-refractivity contribution < 1.29 is 9.90 Å². The molecule has 144 valence electrons. The largest absolute Gasteiger partial charge is 0.391 e. The number of rotatable bonds is 4. The minimum absolute atomic E-state index is 0.124. The standard InChI is InChI=1S/C21H28N4O2/c1-23-8-10-25(11-9-23)21(27)15-24-13-17(20(26)14-24)12-18-7-6-16-4-2-3-5-19(16)22-18/h2-7,17,20,26H,8-15H2,1H3/t17-,20-/m1/s1. The van der Waals surface area contributed by atoms with Gasteiger partial charge in [-0.1, -0.05) is 24.3 Å². The Morgan fingerprint density at radius 3 is 2.70 bits per heavy atom. The Morgan fingerprint density at radius 2 is 1.89 bits per heavy atom. The number of para-hydroxylation sites is 1. The van der Waals surface area contributed by atoms with E-state index in [1.807, 2.05) is 29.2 Å². The van der Waals surface area contributed by atoms with Gasteiger partial charge < -0.3 is 14.9 Å².